The van der Waals surface area contributed by atoms with Crippen LogP contribution in [0.4, 0.5) is 0 Å². The van der Waals surface area contributed by atoms with Crippen LogP contribution in [0, 0.1) is 5.41 Å². The minimum atomic E-state index is -1.37. The van der Waals surface area contributed by atoms with E-state index >= 15 is 0 Å². The second-order valence-corrected chi connectivity index (χ2v) is 6.36. The molecule has 2 unspecified atom stereocenters. The Morgan fingerprint density at radius 2 is 1.74 bits per heavy atom. The summed E-state index contributed by atoms with van der Waals surface area (Å²) in [5, 5.41) is 20.1. The Morgan fingerprint density at radius 1 is 1.17 bits per heavy atom. The van der Waals surface area contributed by atoms with Crippen LogP contribution in [0.2, 0.25) is 5.02 Å². The molecule has 1 aromatic rings. The summed E-state index contributed by atoms with van der Waals surface area (Å²) in [5.74, 6) is -3.19. The van der Waals surface area contributed by atoms with Crippen LogP contribution >= 0.6 is 23.2 Å². The van der Waals surface area contributed by atoms with Gasteiger partial charge >= 0.3 is 11.9 Å². The van der Waals surface area contributed by atoms with Crippen molar-refractivity contribution in [2.75, 3.05) is 0 Å². The van der Waals surface area contributed by atoms with Crippen LogP contribution in [0.1, 0.15) is 31.7 Å². The lowest BCUT2D eigenvalue weighted by Gasteiger charge is -2.38. The van der Waals surface area contributed by atoms with Gasteiger partial charge in [-0.25, -0.2) is 4.79 Å². The smallest absolute Gasteiger partial charge is 0.333 e. The summed E-state index contributed by atoms with van der Waals surface area (Å²) in [5.41, 5.74) is -0.459. The zero-order valence-corrected chi connectivity index (χ0v) is 14.1. The predicted octanol–water partition coefficient (Wildman–Crippen LogP) is 4.44. The summed E-state index contributed by atoms with van der Waals surface area (Å²) in [4.78, 5) is 23.8. The van der Waals surface area contributed by atoms with Gasteiger partial charge in [-0.15, -0.1) is 0 Å². The summed E-state index contributed by atoms with van der Waals surface area (Å²) in [7, 11) is 0. The lowest BCUT2D eigenvalue weighted by atomic mass is 9.63. The maximum Gasteiger partial charge on any atom is 0.333 e. The summed E-state index contributed by atoms with van der Waals surface area (Å²) in [6.45, 7) is 3.34. The molecule has 0 bridgehead atoms. The molecule has 6 heteroatoms. The highest BCUT2D eigenvalue weighted by Gasteiger charge is 2.50. The second-order valence-electron chi connectivity index (χ2n) is 5.54. The Hall–Kier alpha value is -1.78. The van der Waals surface area contributed by atoms with Gasteiger partial charge in [-0.1, -0.05) is 48.3 Å². The SMILES string of the molecule is CCC1(C(=O)O)C=C(C)C(Cl)=C(C(=O)O)C1c1ccc(Cl)cc1. The summed E-state index contributed by atoms with van der Waals surface area (Å²) in [6.07, 6.45) is 1.79. The van der Waals surface area contributed by atoms with E-state index in [1.807, 2.05) is 0 Å². The lowest BCUT2D eigenvalue weighted by Crippen LogP contribution is -2.40. The molecule has 1 aromatic carbocycles. The molecule has 122 valence electrons. The maximum absolute atomic E-state index is 12.0. The number of carboxylic acid groups (broad SMARTS) is 2. The summed E-state index contributed by atoms with van der Waals surface area (Å²) in [6, 6.07) is 6.50. The van der Waals surface area contributed by atoms with Gasteiger partial charge in [0.05, 0.1) is 16.0 Å². The average molecular weight is 355 g/mol. The van der Waals surface area contributed by atoms with Crippen molar-refractivity contribution >= 4 is 35.1 Å². The fourth-order valence-electron chi connectivity index (χ4n) is 3.11. The highest BCUT2D eigenvalue weighted by molar-refractivity contribution is 6.34. The van der Waals surface area contributed by atoms with E-state index in [0.717, 1.165) is 0 Å². The zero-order chi connectivity index (χ0) is 17.4. The number of benzene rings is 1. The highest BCUT2D eigenvalue weighted by Crippen LogP contribution is 2.51. The standard InChI is InChI=1S/C17H16Cl2O4/c1-3-17(16(22)23)8-9(2)14(19)12(15(20)21)13(17)10-4-6-11(18)7-5-10/h4-8,13H,3H2,1-2H3,(H,20,21)(H,22,23). The van der Waals surface area contributed by atoms with Gasteiger partial charge in [-0.05, 0) is 36.6 Å². The van der Waals surface area contributed by atoms with Gasteiger partial charge in [-0.2, -0.15) is 0 Å². The molecular formula is C17H16Cl2O4. The van der Waals surface area contributed by atoms with Gasteiger partial charge in [-0.3, -0.25) is 4.79 Å². The van der Waals surface area contributed by atoms with Gasteiger partial charge in [0.1, 0.15) is 0 Å². The molecule has 0 spiro atoms. The van der Waals surface area contributed by atoms with Crippen LogP contribution in [0.25, 0.3) is 0 Å². The number of halogens is 2. The first-order valence-corrected chi connectivity index (χ1v) is 7.81. The Kier molecular flexibility index (Phi) is 4.87. The normalized spacial score (nSPS) is 24.3. The van der Waals surface area contributed by atoms with Crippen molar-refractivity contribution in [1.82, 2.24) is 0 Å². The molecule has 0 radical (unpaired) electrons. The Balaban J connectivity index is 2.79. The monoisotopic (exact) mass is 354 g/mol. The third kappa shape index (κ3) is 2.89. The van der Waals surface area contributed by atoms with Crippen molar-refractivity contribution in [1.29, 1.82) is 0 Å². The molecular weight excluding hydrogens is 339 g/mol. The van der Waals surface area contributed by atoms with E-state index < -0.39 is 23.3 Å². The number of allylic oxidation sites excluding steroid dienone is 2. The first kappa shape index (κ1) is 17.6. The number of rotatable bonds is 4. The third-order valence-corrected chi connectivity index (χ3v) is 5.03. The van der Waals surface area contributed by atoms with Crippen LogP contribution in [0.3, 0.4) is 0 Å². The fourth-order valence-corrected chi connectivity index (χ4v) is 3.48. The van der Waals surface area contributed by atoms with Crippen molar-refractivity contribution < 1.29 is 19.8 Å². The van der Waals surface area contributed by atoms with Crippen LogP contribution < -0.4 is 0 Å². The molecule has 2 atom stereocenters. The molecule has 23 heavy (non-hydrogen) atoms. The van der Waals surface area contributed by atoms with Gasteiger partial charge in [0.15, 0.2) is 0 Å². The molecule has 0 saturated carbocycles. The molecule has 0 heterocycles. The molecule has 4 nitrogen and oxygen atoms in total. The van der Waals surface area contributed by atoms with Gasteiger partial charge in [0, 0.05) is 10.9 Å². The van der Waals surface area contributed by atoms with Crippen molar-refractivity contribution in [3.05, 3.63) is 57.1 Å². The minimum absolute atomic E-state index is 0.0859. The number of aliphatic carboxylic acids is 2. The lowest BCUT2D eigenvalue weighted by molar-refractivity contribution is -0.147. The molecule has 2 N–H and O–H groups in total. The fraction of sp³-hybridized carbons (Fsp3) is 0.294. The first-order valence-electron chi connectivity index (χ1n) is 7.06. The molecule has 2 rings (SSSR count). The van der Waals surface area contributed by atoms with Gasteiger partial charge in [0.25, 0.3) is 0 Å². The molecule has 0 aliphatic heterocycles. The second kappa shape index (κ2) is 6.38. The van der Waals surface area contributed by atoms with E-state index in [9.17, 15) is 19.8 Å². The molecule has 1 aliphatic rings. The maximum atomic E-state index is 12.0. The Bertz CT molecular complexity index is 719. The molecule has 1 aliphatic carbocycles. The zero-order valence-electron chi connectivity index (χ0n) is 12.6. The van der Waals surface area contributed by atoms with E-state index in [1.54, 1.807) is 44.2 Å². The number of hydrogen-bond acceptors (Lipinski definition) is 2. The Morgan fingerprint density at radius 3 is 2.17 bits per heavy atom. The van der Waals surface area contributed by atoms with E-state index in [2.05, 4.69) is 0 Å². The van der Waals surface area contributed by atoms with Crippen molar-refractivity contribution in [3.8, 4) is 0 Å². The largest absolute Gasteiger partial charge is 0.481 e. The summed E-state index contributed by atoms with van der Waals surface area (Å²) >= 11 is 12.1. The number of carbonyl (C=O) groups is 2. The molecule has 0 fully saturated rings. The van der Waals surface area contributed by atoms with E-state index in [1.165, 1.54) is 0 Å². The topological polar surface area (TPSA) is 74.6 Å². The average Bonchev–Trinajstić information content (AvgIpc) is 2.49. The van der Waals surface area contributed by atoms with Gasteiger partial charge in [0.2, 0.25) is 0 Å². The van der Waals surface area contributed by atoms with E-state index in [0.29, 0.717) is 16.2 Å². The first-order chi connectivity index (χ1) is 10.7. The third-order valence-electron chi connectivity index (χ3n) is 4.28. The van der Waals surface area contributed by atoms with Crippen molar-refractivity contribution in [3.63, 3.8) is 0 Å². The Labute approximate surface area is 144 Å². The molecule has 0 aromatic heterocycles. The van der Waals surface area contributed by atoms with E-state index in [-0.39, 0.29) is 17.0 Å². The molecule has 0 saturated heterocycles. The van der Waals surface area contributed by atoms with Crippen LogP contribution in [0.5, 0.6) is 0 Å². The summed E-state index contributed by atoms with van der Waals surface area (Å²) < 4.78 is 0. The highest BCUT2D eigenvalue weighted by atomic mass is 35.5. The van der Waals surface area contributed by atoms with Crippen LogP contribution in [-0.2, 0) is 9.59 Å². The van der Waals surface area contributed by atoms with Crippen molar-refractivity contribution in [2.24, 2.45) is 5.41 Å². The van der Waals surface area contributed by atoms with E-state index in [4.69, 9.17) is 23.2 Å². The molecule has 0 amide bonds. The van der Waals surface area contributed by atoms with Crippen LogP contribution in [-0.4, -0.2) is 22.2 Å². The number of carboxylic acids is 2. The van der Waals surface area contributed by atoms with Crippen molar-refractivity contribution in [2.45, 2.75) is 26.2 Å². The van der Waals surface area contributed by atoms with Crippen LogP contribution in [0.15, 0.2) is 46.5 Å². The quantitative estimate of drug-likeness (QED) is 0.837. The van der Waals surface area contributed by atoms with Gasteiger partial charge < -0.3 is 10.2 Å². The predicted molar refractivity (Wildman–Crippen MR) is 88.8 cm³/mol. The number of hydrogen-bond donors (Lipinski definition) is 2. The minimum Gasteiger partial charge on any atom is -0.481 e.